The molecule has 1 unspecified atom stereocenters. The van der Waals surface area contributed by atoms with E-state index in [1.165, 1.54) is 30.5 Å². The van der Waals surface area contributed by atoms with Crippen LogP contribution in [-0.4, -0.2) is 44.2 Å². The quantitative estimate of drug-likeness (QED) is 0.900. The number of benzene rings is 1. The van der Waals surface area contributed by atoms with Crippen LogP contribution in [0.15, 0.2) is 18.2 Å². The van der Waals surface area contributed by atoms with Crippen molar-refractivity contribution in [2.45, 2.75) is 37.9 Å². The van der Waals surface area contributed by atoms with Gasteiger partial charge in [0, 0.05) is 48.0 Å². The van der Waals surface area contributed by atoms with Crippen molar-refractivity contribution in [1.82, 2.24) is 10.2 Å². The molecule has 4 heteroatoms. The first-order valence-corrected chi connectivity index (χ1v) is 7.95. The van der Waals surface area contributed by atoms with E-state index < -0.39 is 0 Å². The van der Waals surface area contributed by atoms with Crippen molar-refractivity contribution in [2.75, 3.05) is 32.1 Å². The Morgan fingerprint density at radius 2 is 2.10 bits per heavy atom. The van der Waals surface area contributed by atoms with Gasteiger partial charge in [-0.2, -0.15) is 0 Å². The Kier molecular flexibility index (Phi) is 4.20. The zero-order valence-corrected chi connectivity index (χ0v) is 13.2. The molecular formula is C16H24ClN3. The van der Waals surface area contributed by atoms with Crippen LogP contribution in [0.1, 0.15) is 24.8 Å². The molecule has 2 aliphatic rings. The molecule has 0 aromatic heterocycles. The molecule has 20 heavy (non-hydrogen) atoms. The largest absolute Gasteiger partial charge is 0.370 e. The third-order valence-electron chi connectivity index (χ3n) is 4.47. The fraction of sp³-hybridized carbons (Fsp3) is 0.625. The van der Waals surface area contributed by atoms with Crippen molar-refractivity contribution < 1.29 is 0 Å². The molecule has 1 aromatic rings. The summed E-state index contributed by atoms with van der Waals surface area (Å²) in [6, 6.07) is 7.66. The summed E-state index contributed by atoms with van der Waals surface area (Å²) in [5.74, 6) is 0. The lowest BCUT2D eigenvalue weighted by Gasteiger charge is -2.24. The van der Waals surface area contributed by atoms with Gasteiger partial charge in [-0.25, -0.2) is 0 Å². The summed E-state index contributed by atoms with van der Waals surface area (Å²) in [5.41, 5.74) is 2.58. The summed E-state index contributed by atoms with van der Waals surface area (Å²) in [7, 11) is 4.34. The third kappa shape index (κ3) is 3.11. The van der Waals surface area contributed by atoms with Crippen LogP contribution in [0.25, 0.3) is 0 Å². The summed E-state index contributed by atoms with van der Waals surface area (Å²) in [5, 5.41) is 4.48. The van der Waals surface area contributed by atoms with Gasteiger partial charge < -0.3 is 15.1 Å². The van der Waals surface area contributed by atoms with E-state index in [2.05, 4.69) is 41.3 Å². The summed E-state index contributed by atoms with van der Waals surface area (Å²) in [6.07, 6.45) is 3.85. The fourth-order valence-corrected chi connectivity index (χ4v) is 3.17. The van der Waals surface area contributed by atoms with Crippen molar-refractivity contribution in [1.29, 1.82) is 0 Å². The first-order chi connectivity index (χ1) is 9.65. The maximum absolute atomic E-state index is 6.43. The maximum atomic E-state index is 6.43. The lowest BCUT2D eigenvalue weighted by molar-refractivity contribution is 0.315. The van der Waals surface area contributed by atoms with E-state index in [0.717, 1.165) is 24.7 Å². The van der Waals surface area contributed by atoms with Crippen LogP contribution in [0.2, 0.25) is 5.02 Å². The number of anilines is 1. The second kappa shape index (κ2) is 5.92. The van der Waals surface area contributed by atoms with Crippen LogP contribution >= 0.6 is 11.6 Å². The van der Waals surface area contributed by atoms with Gasteiger partial charge >= 0.3 is 0 Å². The van der Waals surface area contributed by atoms with Crippen molar-refractivity contribution in [3.8, 4) is 0 Å². The van der Waals surface area contributed by atoms with Crippen LogP contribution < -0.4 is 10.2 Å². The average molecular weight is 294 g/mol. The predicted octanol–water partition coefficient (Wildman–Crippen LogP) is 2.73. The number of nitrogens with zero attached hydrogens (tertiary/aromatic N) is 2. The minimum Gasteiger partial charge on any atom is -0.370 e. The number of nitrogens with one attached hydrogen (secondary N) is 1. The van der Waals surface area contributed by atoms with Gasteiger partial charge in [-0.3, -0.25) is 0 Å². The van der Waals surface area contributed by atoms with E-state index in [0.29, 0.717) is 12.1 Å². The van der Waals surface area contributed by atoms with E-state index in [-0.39, 0.29) is 0 Å². The molecule has 0 bridgehead atoms. The fourth-order valence-electron chi connectivity index (χ4n) is 2.93. The van der Waals surface area contributed by atoms with Crippen LogP contribution in [0.4, 0.5) is 5.69 Å². The van der Waals surface area contributed by atoms with Gasteiger partial charge in [0.1, 0.15) is 0 Å². The predicted molar refractivity (Wildman–Crippen MR) is 85.6 cm³/mol. The molecule has 3 rings (SSSR count). The first kappa shape index (κ1) is 14.2. The van der Waals surface area contributed by atoms with E-state index in [1.807, 2.05) is 6.07 Å². The molecule has 1 aliphatic heterocycles. The van der Waals surface area contributed by atoms with Gasteiger partial charge in [0.05, 0.1) is 0 Å². The monoisotopic (exact) mass is 293 g/mol. The molecule has 110 valence electrons. The van der Waals surface area contributed by atoms with E-state index in [9.17, 15) is 0 Å². The van der Waals surface area contributed by atoms with Crippen LogP contribution in [0.3, 0.4) is 0 Å². The van der Waals surface area contributed by atoms with E-state index >= 15 is 0 Å². The summed E-state index contributed by atoms with van der Waals surface area (Å²) < 4.78 is 0. The molecule has 1 saturated heterocycles. The standard InChI is InChI=1S/C16H24ClN3/c1-19(2)13-8-9-20(11-13)16-5-3-4-15(17)14(16)10-18-12-6-7-12/h3-5,12-13,18H,6-11H2,1-2H3. The van der Waals surface area contributed by atoms with Gasteiger partial charge in [-0.15, -0.1) is 0 Å². The molecular weight excluding hydrogens is 270 g/mol. The van der Waals surface area contributed by atoms with Crippen molar-refractivity contribution in [3.05, 3.63) is 28.8 Å². The number of hydrogen-bond acceptors (Lipinski definition) is 3. The summed E-state index contributed by atoms with van der Waals surface area (Å²) >= 11 is 6.43. The normalized spacial score (nSPS) is 22.8. The lowest BCUT2D eigenvalue weighted by atomic mass is 10.1. The van der Waals surface area contributed by atoms with Crippen molar-refractivity contribution in [3.63, 3.8) is 0 Å². The number of hydrogen-bond donors (Lipinski definition) is 1. The molecule has 1 N–H and O–H groups in total. The van der Waals surface area contributed by atoms with Gasteiger partial charge in [0.15, 0.2) is 0 Å². The second-order valence-electron chi connectivity index (χ2n) is 6.24. The zero-order valence-electron chi connectivity index (χ0n) is 12.4. The van der Waals surface area contributed by atoms with Crippen LogP contribution in [-0.2, 0) is 6.54 Å². The van der Waals surface area contributed by atoms with Crippen molar-refractivity contribution in [2.24, 2.45) is 0 Å². The molecule has 1 aromatic carbocycles. The number of halogens is 1. The van der Waals surface area contributed by atoms with Crippen molar-refractivity contribution >= 4 is 17.3 Å². The minimum absolute atomic E-state index is 0.651. The van der Waals surface area contributed by atoms with Crippen LogP contribution in [0, 0.1) is 0 Å². The molecule has 1 saturated carbocycles. The zero-order chi connectivity index (χ0) is 14.1. The Bertz CT molecular complexity index is 471. The van der Waals surface area contributed by atoms with E-state index in [4.69, 9.17) is 11.6 Å². The summed E-state index contributed by atoms with van der Waals surface area (Å²) in [4.78, 5) is 4.81. The maximum Gasteiger partial charge on any atom is 0.0471 e. The smallest absolute Gasteiger partial charge is 0.0471 e. The Morgan fingerprint density at radius 1 is 1.30 bits per heavy atom. The second-order valence-corrected chi connectivity index (χ2v) is 6.65. The molecule has 1 aliphatic carbocycles. The Hall–Kier alpha value is -0.770. The number of likely N-dealkylation sites (N-methyl/N-ethyl adjacent to an activating group) is 1. The lowest BCUT2D eigenvalue weighted by Crippen LogP contribution is -2.32. The first-order valence-electron chi connectivity index (χ1n) is 7.57. The van der Waals surface area contributed by atoms with Crippen LogP contribution in [0.5, 0.6) is 0 Å². The molecule has 2 fully saturated rings. The summed E-state index contributed by atoms with van der Waals surface area (Å²) in [6.45, 7) is 3.12. The highest BCUT2D eigenvalue weighted by Gasteiger charge is 2.27. The van der Waals surface area contributed by atoms with Gasteiger partial charge in [0.25, 0.3) is 0 Å². The SMILES string of the molecule is CN(C)C1CCN(c2cccc(Cl)c2CNC2CC2)C1. The molecule has 1 atom stereocenters. The Balaban J connectivity index is 1.76. The highest BCUT2D eigenvalue weighted by Crippen LogP contribution is 2.31. The molecule has 0 radical (unpaired) electrons. The topological polar surface area (TPSA) is 18.5 Å². The minimum atomic E-state index is 0.651. The number of rotatable bonds is 5. The van der Waals surface area contributed by atoms with E-state index in [1.54, 1.807) is 0 Å². The molecule has 3 nitrogen and oxygen atoms in total. The van der Waals surface area contributed by atoms with Gasteiger partial charge in [0.2, 0.25) is 0 Å². The third-order valence-corrected chi connectivity index (χ3v) is 4.83. The molecule has 1 heterocycles. The highest BCUT2D eigenvalue weighted by atomic mass is 35.5. The molecule has 0 amide bonds. The Labute approximate surface area is 126 Å². The Morgan fingerprint density at radius 3 is 2.75 bits per heavy atom. The van der Waals surface area contributed by atoms with Gasteiger partial charge in [-0.05, 0) is 45.5 Å². The molecule has 0 spiro atoms. The highest BCUT2D eigenvalue weighted by molar-refractivity contribution is 6.31. The van der Waals surface area contributed by atoms with Gasteiger partial charge in [-0.1, -0.05) is 17.7 Å². The average Bonchev–Trinajstić information content (AvgIpc) is 3.11.